The second kappa shape index (κ2) is 9.94. The lowest BCUT2D eigenvalue weighted by molar-refractivity contribution is -0.116. The molecule has 1 fully saturated rings. The molecule has 0 atom stereocenters. The summed E-state index contributed by atoms with van der Waals surface area (Å²) in [7, 11) is 0. The first-order chi connectivity index (χ1) is 11.7. The molecule has 0 spiro atoms. The highest BCUT2D eigenvalue weighted by Crippen LogP contribution is 2.19. The van der Waals surface area contributed by atoms with Crippen molar-refractivity contribution in [2.75, 3.05) is 18.4 Å². The largest absolute Gasteiger partial charge is 0.317 e. The Morgan fingerprint density at radius 2 is 2.12 bits per heavy atom. The molecule has 1 aromatic heterocycles. The van der Waals surface area contributed by atoms with Crippen LogP contribution in [-0.2, 0) is 11.3 Å². The lowest BCUT2D eigenvalue weighted by Gasteiger charge is -2.22. The molecule has 136 valence electrons. The monoisotopic (exact) mass is 426 g/mol. The molecule has 3 rings (SSSR count). The van der Waals surface area contributed by atoms with Gasteiger partial charge in [-0.05, 0) is 56.0 Å². The lowest BCUT2D eigenvalue weighted by Crippen LogP contribution is -2.28. The zero-order valence-corrected chi connectivity index (χ0v) is 16.5. The van der Waals surface area contributed by atoms with Gasteiger partial charge in [-0.3, -0.25) is 4.79 Å². The Bertz CT molecular complexity index is 685. The molecule has 1 aliphatic rings. The number of nitrogens with zero attached hydrogens (tertiary/aromatic N) is 2. The summed E-state index contributed by atoms with van der Waals surface area (Å²) in [5, 5.41) is 10.7. The Hall–Kier alpha value is -1.37. The van der Waals surface area contributed by atoms with Gasteiger partial charge in [-0.2, -0.15) is 5.10 Å². The Morgan fingerprint density at radius 1 is 1.32 bits per heavy atom. The van der Waals surface area contributed by atoms with E-state index in [0.29, 0.717) is 18.9 Å². The Balaban J connectivity index is 0.00000225. The molecule has 2 heterocycles. The highest BCUT2D eigenvalue weighted by atomic mass is 79.9. The van der Waals surface area contributed by atoms with Crippen LogP contribution in [0.5, 0.6) is 0 Å². The third kappa shape index (κ3) is 6.13. The molecule has 5 nitrogen and oxygen atoms in total. The number of rotatable bonds is 6. The molecular formula is C18H24BrClN4O. The zero-order valence-electron chi connectivity index (χ0n) is 14.1. The van der Waals surface area contributed by atoms with Crippen molar-refractivity contribution in [2.24, 2.45) is 5.92 Å². The van der Waals surface area contributed by atoms with E-state index in [2.05, 4.69) is 43.8 Å². The first-order valence-electron chi connectivity index (χ1n) is 8.47. The van der Waals surface area contributed by atoms with Crippen LogP contribution in [0.2, 0.25) is 0 Å². The maximum absolute atomic E-state index is 12.2. The molecule has 1 saturated heterocycles. The van der Waals surface area contributed by atoms with E-state index >= 15 is 0 Å². The summed E-state index contributed by atoms with van der Waals surface area (Å²) < 4.78 is 2.87. The maximum atomic E-state index is 12.2. The van der Waals surface area contributed by atoms with Crippen molar-refractivity contribution >= 4 is 40.1 Å². The van der Waals surface area contributed by atoms with E-state index in [9.17, 15) is 4.79 Å². The van der Waals surface area contributed by atoms with Gasteiger partial charge >= 0.3 is 0 Å². The molecule has 25 heavy (non-hydrogen) atoms. The Labute approximate surface area is 163 Å². The molecule has 0 aliphatic carbocycles. The molecule has 0 unspecified atom stereocenters. The summed E-state index contributed by atoms with van der Waals surface area (Å²) in [6.07, 6.45) is 5.61. The summed E-state index contributed by atoms with van der Waals surface area (Å²) in [5.74, 6) is 1.50. The summed E-state index contributed by atoms with van der Waals surface area (Å²) in [5.41, 5.74) is 1.14. The van der Waals surface area contributed by atoms with E-state index in [1.54, 1.807) is 6.20 Å². The van der Waals surface area contributed by atoms with Gasteiger partial charge in [-0.15, -0.1) is 12.4 Å². The van der Waals surface area contributed by atoms with Crippen molar-refractivity contribution in [3.8, 4) is 0 Å². The topological polar surface area (TPSA) is 59.0 Å². The Kier molecular flexibility index (Phi) is 7.93. The minimum Gasteiger partial charge on any atom is -0.317 e. The molecule has 2 N–H and O–H groups in total. The lowest BCUT2D eigenvalue weighted by atomic mass is 9.93. The predicted octanol–water partition coefficient (Wildman–Crippen LogP) is 3.83. The fourth-order valence-electron chi connectivity index (χ4n) is 3.08. The number of hydrogen-bond donors (Lipinski definition) is 2. The van der Waals surface area contributed by atoms with Gasteiger partial charge in [-0.25, -0.2) is 4.68 Å². The zero-order chi connectivity index (χ0) is 16.8. The van der Waals surface area contributed by atoms with Crippen LogP contribution >= 0.6 is 28.3 Å². The van der Waals surface area contributed by atoms with Crippen molar-refractivity contribution in [1.82, 2.24) is 15.1 Å². The van der Waals surface area contributed by atoms with Gasteiger partial charge in [-0.1, -0.05) is 28.1 Å². The van der Waals surface area contributed by atoms with Gasteiger partial charge < -0.3 is 10.6 Å². The molecule has 0 bridgehead atoms. The average Bonchev–Trinajstić information content (AvgIpc) is 3.01. The van der Waals surface area contributed by atoms with E-state index < -0.39 is 0 Å². The number of anilines is 1. The van der Waals surface area contributed by atoms with Crippen LogP contribution in [0.25, 0.3) is 0 Å². The van der Waals surface area contributed by atoms with E-state index in [4.69, 9.17) is 0 Å². The number of halogens is 2. The predicted molar refractivity (Wildman–Crippen MR) is 106 cm³/mol. The number of hydrogen-bond acceptors (Lipinski definition) is 3. The van der Waals surface area contributed by atoms with Crippen LogP contribution in [0, 0.1) is 5.92 Å². The van der Waals surface area contributed by atoms with Crippen molar-refractivity contribution in [3.63, 3.8) is 0 Å². The second-order valence-electron chi connectivity index (χ2n) is 6.28. The maximum Gasteiger partial charge on any atom is 0.225 e. The van der Waals surface area contributed by atoms with Crippen LogP contribution in [0.3, 0.4) is 0 Å². The molecule has 0 saturated carbocycles. The molecule has 2 aromatic rings. The van der Waals surface area contributed by atoms with E-state index in [-0.39, 0.29) is 18.3 Å². The van der Waals surface area contributed by atoms with Gasteiger partial charge in [0, 0.05) is 17.0 Å². The van der Waals surface area contributed by atoms with E-state index in [1.165, 1.54) is 12.8 Å². The van der Waals surface area contributed by atoms with Crippen molar-refractivity contribution in [3.05, 3.63) is 46.6 Å². The molecule has 7 heteroatoms. The van der Waals surface area contributed by atoms with Gasteiger partial charge in [0.15, 0.2) is 0 Å². The number of carbonyl (C=O) groups is 1. The minimum atomic E-state index is 0. The SMILES string of the molecule is Cl.O=C(CCC1CCNCC1)Nc1ccnn1Cc1cccc(Br)c1. The molecule has 1 aromatic carbocycles. The van der Waals surface area contributed by atoms with Crippen molar-refractivity contribution in [2.45, 2.75) is 32.2 Å². The van der Waals surface area contributed by atoms with Crippen LogP contribution < -0.4 is 10.6 Å². The highest BCUT2D eigenvalue weighted by molar-refractivity contribution is 9.10. The van der Waals surface area contributed by atoms with Crippen molar-refractivity contribution < 1.29 is 4.79 Å². The average molecular weight is 428 g/mol. The third-order valence-corrected chi connectivity index (χ3v) is 4.94. The molecule has 1 aliphatic heterocycles. The second-order valence-corrected chi connectivity index (χ2v) is 7.20. The fourth-order valence-corrected chi connectivity index (χ4v) is 3.53. The minimum absolute atomic E-state index is 0. The fraction of sp³-hybridized carbons (Fsp3) is 0.444. The van der Waals surface area contributed by atoms with Gasteiger partial charge in [0.1, 0.15) is 5.82 Å². The number of amides is 1. The van der Waals surface area contributed by atoms with Crippen LogP contribution in [0.1, 0.15) is 31.2 Å². The number of nitrogens with one attached hydrogen (secondary N) is 2. The smallest absolute Gasteiger partial charge is 0.225 e. The quantitative estimate of drug-likeness (QED) is 0.736. The van der Waals surface area contributed by atoms with E-state index in [0.717, 1.165) is 35.4 Å². The van der Waals surface area contributed by atoms with Crippen LogP contribution in [0.4, 0.5) is 5.82 Å². The summed E-state index contributed by atoms with van der Waals surface area (Å²) >= 11 is 3.48. The van der Waals surface area contributed by atoms with Gasteiger partial charge in [0.05, 0.1) is 12.7 Å². The number of aromatic nitrogens is 2. The first kappa shape index (κ1) is 19.9. The summed E-state index contributed by atoms with van der Waals surface area (Å²) in [6.45, 7) is 2.79. The van der Waals surface area contributed by atoms with Gasteiger partial charge in [0.25, 0.3) is 0 Å². The van der Waals surface area contributed by atoms with Crippen LogP contribution in [-0.4, -0.2) is 28.8 Å². The van der Waals surface area contributed by atoms with Crippen LogP contribution in [0.15, 0.2) is 41.0 Å². The number of benzene rings is 1. The summed E-state index contributed by atoms with van der Waals surface area (Å²) in [6, 6.07) is 9.95. The van der Waals surface area contributed by atoms with Gasteiger partial charge in [0.2, 0.25) is 5.91 Å². The normalized spacial score (nSPS) is 14.8. The third-order valence-electron chi connectivity index (χ3n) is 4.44. The Morgan fingerprint density at radius 3 is 2.88 bits per heavy atom. The first-order valence-corrected chi connectivity index (χ1v) is 9.27. The molecule has 1 amide bonds. The molecule has 0 radical (unpaired) electrons. The highest BCUT2D eigenvalue weighted by Gasteiger charge is 2.15. The van der Waals surface area contributed by atoms with Crippen molar-refractivity contribution in [1.29, 1.82) is 0 Å². The number of piperidine rings is 1. The number of carbonyl (C=O) groups excluding carboxylic acids is 1. The van der Waals surface area contributed by atoms with E-state index in [1.807, 2.05) is 22.9 Å². The summed E-state index contributed by atoms with van der Waals surface area (Å²) in [4.78, 5) is 12.2. The standard InChI is InChI=1S/C18H23BrN4O.ClH/c19-16-3-1-2-15(12-16)13-23-17(8-11-21-23)22-18(24)5-4-14-6-9-20-10-7-14;/h1-3,8,11-12,14,20H,4-7,9-10,13H2,(H,22,24);1H. The molecular weight excluding hydrogens is 404 g/mol.